The number of hydrogen-bond acceptors (Lipinski definition) is 4. The first-order chi connectivity index (χ1) is 9.81. The van der Waals surface area contributed by atoms with Crippen LogP contribution < -0.4 is 5.32 Å². The highest BCUT2D eigenvalue weighted by Gasteiger charge is 2.23. The minimum atomic E-state index is 0.943. The van der Waals surface area contributed by atoms with E-state index in [0.29, 0.717) is 0 Å². The average Bonchev–Trinajstić information content (AvgIpc) is 2.49. The zero-order chi connectivity index (χ0) is 14.2. The number of nitrogens with one attached hydrogen (secondary N) is 1. The summed E-state index contributed by atoms with van der Waals surface area (Å²) in [5.74, 6) is 0.943. The largest absolute Gasteiger partial charge is 0.318 e. The van der Waals surface area contributed by atoms with Gasteiger partial charge in [0, 0.05) is 45.8 Å². The average molecular weight is 282 g/mol. The molecular weight excluding hydrogens is 248 g/mol. The fourth-order valence-electron chi connectivity index (χ4n) is 3.54. The van der Waals surface area contributed by atoms with Gasteiger partial charge in [-0.15, -0.1) is 0 Å². The zero-order valence-corrected chi connectivity index (χ0v) is 13.6. The van der Waals surface area contributed by atoms with E-state index < -0.39 is 0 Å². The van der Waals surface area contributed by atoms with Gasteiger partial charge in [-0.2, -0.15) is 0 Å². The van der Waals surface area contributed by atoms with Crippen molar-refractivity contribution in [2.75, 3.05) is 72.5 Å². The summed E-state index contributed by atoms with van der Waals surface area (Å²) in [7, 11) is 2.05. The third-order valence-electron chi connectivity index (χ3n) is 4.91. The van der Waals surface area contributed by atoms with E-state index in [1.54, 1.807) is 0 Å². The molecule has 0 unspecified atom stereocenters. The van der Waals surface area contributed by atoms with Crippen LogP contribution in [0.2, 0.25) is 0 Å². The SMILES string of the molecule is CCCN1CCN(CC2CCN(CCNC)CC2)CC1. The molecule has 2 rings (SSSR count). The second-order valence-electron chi connectivity index (χ2n) is 6.53. The van der Waals surface area contributed by atoms with Gasteiger partial charge in [-0.3, -0.25) is 0 Å². The molecule has 2 aliphatic rings. The molecule has 118 valence electrons. The van der Waals surface area contributed by atoms with Crippen molar-refractivity contribution in [3.8, 4) is 0 Å². The van der Waals surface area contributed by atoms with Crippen molar-refractivity contribution in [2.24, 2.45) is 5.92 Å². The summed E-state index contributed by atoms with van der Waals surface area (Å²) in [6.45, 7) is 15.0. The highest BCUT2D eigenvalue weighted by atomic mass is 15.3. The Bertz CT molecular complexity index is 243. The maximum absolute atomic E-state index is 3.25. The van der Waals surface area contributed by atoms with Gasteiger partial charge in [-0.05, 0) is 51.9 Å². The Kier molecular flexibility index (Phi) is 7.28. The number of rotatable bonds is 7. The standard InChI is InChI=1S/C16H34N4/c1-3-7-18-11-13-20(14-12-18)15-16-4-8-19(9-5-16)10-6-17-2/h16-17H,3-15H2,1-2H3. The Labute approximate surface area is 125 Å². The van der Waals surface area contributed by atoms with E-state index >= 15 is 0 Å². The van der Waals surface area contributed by atoms with E-state index in [0.717, 1.165) is 12.5 Å². The van der Waals surface area contributed by atoms with Crippen molar-refractivity contribution in [3.05, 3.63) is 0 Å². The van der Waals surface area contributed by atoms with Crippen LogP contribution in [0.15, 0.2) is 0 Å². The Morgan fingerprint density at radius 1 is 0.850 bits per heavy atom. The highest BCUT2D eigenvalue weighted by Crippen LogP contribution is 2.18. The predicted molar refractivity (Wildman–Crippen MR) is 86.3 cm³/mol. The molecule has 0 radical (unpaired) electrons. The summed E-state index contributed by atoms with van der Waals surface area (Å²) in [4.78, 5) is 7.95. The molecule has 0 aromatic heterocycles. The van der Waals surface area contributed by atoms with Crippen molar-refractivity contribution in [1.82, 2.24) is 20.0 Å². The van der Waals surface area contributed by atoms with Crippen molar-refractivity contribution in [3.63, 3.8) is 0 Å². The number of likely N-dealkylation sites (tertiary alicyclic amines) is 1. The Hall–Kier alpha value is -0.160. The smallest absolute Gasteiger partial charge is 0.0110 e. The van der Waals surface area contributed by atoms with E-state index in [1.807, 2.05) is 7.05 Å². The number of piperidine rings is 1. The van der Waals surface area contributed by atoms with Crippen molar-refractivity contribution < 1.29 is 0 Å². The summed E-state index contributed by atoms with van der Waals surface area (Å²) in [6, 6.07) is 0. The Morgan fingerprint density at radius 3 is 2.05 bits per heavy atom. The van der Waals surface area contributed by atoms with E-state index in [-0.39, 0.29) is 0 Å². The van der Waals surface area contributed by atoms with Gasteiger partial charge in [-0.25, -0.2) is 0 Å². The molecule has 2 fully saturated rings. The van der Waals surface area contributed by atoms with Gasteiger partial charge in [0.15, 0.2) is 0 Å². The van der Waals surface area contributed by atoms with Gasteiger partial charge >= 0.3 is 0 Å². The van der Waals surface area contributed by atoms with Gasteiger partial charge in [0.05, 0.1) is 0 Å². The molecule has 0 bridgehead atoms. The van der Waals surface area contributed by atoms with Crippen LogP contribution in [0, 0.1) is 5.92 Å². The second kappa shape index (κ2) is 8.98. The first-order valence-corrected chi connectivity index (χ1v) is 8.63. The van der Waals surface area contributed by atoms with Gasteiger partial charge in [0.2, 0.25) is 0 Å². The fourth-order valence-corrected chi connectivity index (χ4v) is 3.54. The molecule has 0 aromatic rings. The first-order valence-electron chi connectivity index (χ1n) is 8.63. The normalized spacial score (nSPS) is 24.3. The maximum atomic E-state index is 3.25. The molecule has 2 aliphatic heterocycles. The van der Waals surface area contributed by atoms with Crippen LogP contribution in [-0.2, 0) is 0 Å². The predicted octanol–water partition coefficient (Wildman–Crippen LogP) is 0.945. The van der Waals surface area contributed by atoms with Crippen LogP contribution in [0.1, 0.15) is 26.2 Å². The third kappa shape index (κ3) is 5.32. The molecule has 4 nitrogen and oxygen atoms in total. The molecule has 2 heterocycles. The van der Waals surface area contributed by atoms with E-state index in [1.165, 1.54) is 78.2 Å². The fraction of sp³-hybridized carbons (Fsp3) is 1.00. The Balaban J connectivity index is 1.59. The molecule has 0 atom stereocenters. The second-order valence-corrected chi connectivity index (χ2v) is 6.53. The molecule has 0 spiro atoms. The lowest BCUT2D eigenvalue weighted by molar-refractivity contribution is 0.0955. The van der Waals surface area contributed by atoms with Crippen LogP contribution in [0.3, 0.4) is 0 Å². The van der Waals surface area contributed by atoms with E-state index in [2.05, 4.69) is 26.9 Å². The molecule has 2 saturated heterocycles. The summed E-state index contributed by atoms with van der Waals surface area (Å²) >= 11 is 0. The number of hydrogen-bond donors (Lipinski definition) is 1. The lowest BCUT2D eigenvalue weighted by atomic mass is 9.96. The van der Waals surface area contributed by atoms with Gasteiger partial charge in [-0.1, -0.05) is 6.92 Å². The lowest BCUT2D eigenvalue weighted by Gasteiger charge is -2.38. The highest BCUT2D eigenvalue weighted by molar-refractivity contribution is 4.78. The quantitative estimate of drug-likeness (QED) is 0.750. The molecule has 4 heteroatoms. The van der Waals surface area contributed by atoms with Crippen LogP contribution in [-0.4, -0.2) is 87.2 Å². The van der Waals surface area contributed by atoms with E-state index in [9.17, 15) is 0 Å². The minimum Gasteiger partial charge on any atom is -0.318 e. The Morgan fingerprint density at radius 2 is 1.45 bits per heavy atom. The number of nitrogens with zero attached hydrogens (tertiary/aromatic N) is 3. The number of piperazine rings is 1. The lowest BCUT2D eigenvalue weighted by Crippen LogP contribution is -2.49. The molecular formula is C16H34N4. The monoisotopic (exact) mass is 282 g/mol. The van der Waals surface area contributed by atoms with Crippen LogP contribution >= 0.6 is 0 Å². The molecule has 20 heavy (non-hydrogen) atoms. The van der Waals surface area contributed by atoms with Gasteiger partial charge < -0.3 is 20.0 Å². The minimum absolute atomic E-state index is 0.943. The summed E-state index contributed by atoms with van der Waals surface area (Å²) in [5, 5.41) is 3.25. The zero-order valence-electron chi connectivity index (χ0n) is 13.6. The molecule has 0 saturated carbocycles. The third-order valence-corrected chi connectivity index (χ3v) is 4.91. The summed E-state index contributed by atoms with van der Waals surface area (Å²) in [6.07, 6.45) is 4.10. The van der Waals surface area contributed by atoms with E-state index in [4.69, 9.17) is 0 Å². The topological polar surface area (TPSA) is 21.8 Å². The molecule has 1 N–H and O–H groups in total. The van der Waals surface area contributed by atoms with Crippen LogP contribution in [0.4, 0.5) is 0 Å². The van der Waals surface area contributed by atoms with Gasteiger partial charge in [0.25, 0.3) is 0 Å². The maximum Gasteiger partial charge on any atom is 0.0110 e. The van der Waals surface area contributed by atoms with Crippen molar-refractivity contribution in [1.29, 1.82) is 0 Å². The molecule has 0 aromatic carbocycles. The number of likely N-dealkylation sites (N-methyl/N-ethyl adjacent to an activating group) is 1. The van der Waals surface area contributed by atoms with Crippen LogP contribution in [0.25, 0.3) is 0 Å². The van der Waals surface area contributed by atoms with Crippen molar-refractivity contribution >= 4 is 0 Å². The summed E-state index contributed by atoms with van der Waals surface area (Å²) in [5.41, 5.74) is 0. The molecule has 0 amide bonds. The first kappa shape index (κ1) is 16.2. The van der Waals surface area contributed by atoms with Crippen LogP contribution in [0.5, 0.6) is 0 Å². The summed E-state index contributed by atoms with van der Waals surface area (Å²) < 4.78 is 0. The van der Waals surface area contributed by atoms with Gasteiger partial charge in [0.1, 0.15) is 0 Å². The van der Waals surface area contributed by atoms with Crippen molar-refractivity contribution in [2.45, 2.75) is 26.2 Å². The molecule has 0 aliphatic carbocycles.